The van der Waals surface area contributed by atoms with Crippen molar-refractivity contribution in [2.45, 2.75) is 6.10 Å². The van der Waals surface area contributed by atoms with Crippen LogP contribution in [-0.2, 0) is 4.79 Å². The molecule has 0 spiro atoms. The number of rotatable bonds is 5. The minimum absolute atomic E-state index is 0.0257. The van der Waals surface area contributed by atoms with Crippen LogP contribution in [0.1, 0.15) is 0 Å². The third-order valence-corrected chi connectivity index (χ3v) is 3.46. The van der Waals surface area contributed by atoms with Gasteiger partial charge in [-0.2, -0.15) is 0 Å². The first-order valence-corrected chi connectivity index (χ1v) is 7.05. The Hall–Kier alpha value is -1.01. The number of amides is 1. The summed E-state index contributed by atoms with van der Waals surface area (Å²) >= 11 is 11.8. The molecule has 0 aromatic heterocycles. The second-order valence-electron chi connectivity index (χ2n) is 4.62. The van der Waals surface area contributed by atoms with E-state index >= 15 is 0 Å². The van der Waals surface area contributed by atoms with Crippen LogP contribution in [0.5, 0.6) is 5.75 Å². The quantitative estimate of drug-likeness (QED) is 0.855. The summed E-state index contributed by atoms with van der Waals surface area (Å²) in [6, 6.07) is 4.91. The van der Waals surface area contributed by atoms with E-state index < -0.39 is 6.10 Å². The molecule has 5 nitrogen and oxygen atoms in total. The van der Waals surface area contributed by atoms with Crippen molar-refractivity contribution in [3.63, 3.8) is 0 Å². The first kappa shape index (κ1) is 15.4. The number of β-amino-alcohol motifs (C(OH)–C–C–N with tert-alkyl or cyclic N) is 1. The van der Waals surface area contributed by atoms with Crippen molar-refractivity contribution in [2.75, 3.05) is 32.8 Å². The van der Waals surface area contributed by atoms with Gasteiger partial charge in [-0.05, 0) is 12.1 Å². The number of piperazine rings is 1. The van der Waals surface area contributed by atoms with E-state index in [1.54, 1.807) is 18.2 Å². The molecule has 1 aromatic rings. The summed E-state index contributed by atoms with van der Waals surface area (Å²) in [7, 11) is 0. The van der Waals surface area contributed by atoms with Crippen LogP contribution in [0.2, 0.25) is 10.0 Å². The first-order chi connectivity index (χ1) is 9.54. The maximum absolute atomic E-state index is 11.2. The largest absolute Gasteiger partial charge is 0.489 e. The minimum Gasteiger partial charge on any atom is -0.489 e. The van der Waals surface area contributed by atoms with Gasteiger partial charge in [0.1, 0.15) is 18.5 Å². The lowest BCUT2D eigenvalue weighted by Gasteiger charge is -2.28. The molecule has 0 bridgehead atoms. The van der Waals surface area contributed by atoms with Crippen LogP contribution in [0.3, 0.4) is 0 Å². The highest BCUT2D eigenvalue weighted by molar-refractivity contribution is 6.34. The predicted octanol–water partition coefficient (Wildman–Crippen LogP) is 1.16. The van der Waals surface area contributed by atoms with Crippen LogP contribution in [0, 0.1) is 0 Å². The highest BCUT2D eigenvalue weighted by Crippen LogP contribution is 2.27. The standard InChI is InChI=1S/C13H16Cl2N2O3/c14-9-1-2-11(15)12(5-9)20-8-10(18)6-17-4-3-16-13(19)7-17/h1-2,5,10,18H,3-4,6-8H2,(H,16,19). The molecule has 1 aliphatic rings. The Labute approximate surface area is 127 Å². The van der Waals surface area contributed by atoms with E-state index in [1.807, 2.05) is 4.90 Å². The summed E-state index contributed by atoms with van der Waals surface area (Å²) in [4.78, 5) is 13.1. The molecule has 1 saturated heterocycles. The van der Waals surface area contributed by atoms with Gasteiger partial charge in [0.05, 0.1) is 11.6 Å². The molecule has 20 heavy (non-hydrogen) atoms. The Balaban J connectivity index is 1.81. The third kappa shape index (κ3) is 4.52. The van der Waals surface area contributed by atoms with E-state index in [2.05, 4.69) is 5.32 Å². The lowest BCUT2D eigenvalue weighted by Crippen LogP contribution is -2.50. The summed E-state index contributed by atoms with van der Waals surface area (Å²) < 4.78 is 5.45. The number of benzene rings is 1. The summed E-state index contributed by atoms with van der Waals surface area (Å²) in [5.74, 6) is 0.414. The lowest BCUT2D eigenvalue weighted by molar-refractivity contribution is -0.124. The third-order valence-electron chi connectivity index (χ3n) is 2.91. The monoisotopic (exact) mass is 318 g/mol. The van der Waals surface area contributed by atoms with Gasteiger partial charge in [0, 0.05) is 30.7 Å². The number of carbonyl (C=O) groups is 1. The zero-order valence-corrected chi connectivity index (χ0v) is 12.3. The molecule has 0 aliphatic carbocycles. The van der Waals surface area contributed by atoms with E-state index in [-0.39, 0.29) is 12.5 Å². The zero-order chi connectivity index (χ0) is 14.5. The number of nitrogens with zero attached hydrogens (tertiary/aromatic N) is 1. The SMILES string of the molecule is O=C1CN(CC(O)COc2cc(Cl)ccc2Cl)CCN1. The molecule has 1 aliphatic heterocycles. The fraction of sp³-hybridized carbons (Fsp3) is 0.462. The number of aliphatic hydroxyl groups excluding tert-OH is 1. The highest BCUT2D eigenvalue weighted by atomic mass is 35.5. The zero-order valence-electron chi connectivity index (χ0n) is 10.8. The molecular formula is C13H16Cl2N2O3. The van der Waals surface area contributed by atoms with Crippen molar-refractivity contribution in [1.29, 1.82) is 0 Å². The van der Waals surface area contributed by atoms with Gasteiger partial charge in [-0.25, -0.2) is 0 Å². The number of halogens is 2. The summed E-state index contributed by atoms with van der Waals surface area (Å²) in [5.41, 5.74) is 0. The minimum atomic E-state index is -0.698. The molecule has 1 heterocycles. The lowest BCUT2D eigenvalue weighted by atomic mass is 10.3. The van der Waals surface area contributed by atoms with Crippen LogP contribution in [0.4, 0.5) is 0 Å². The van der Waals surface area contributed by atoms with Crippen molar-refractivity contribution in [3.8, 4) is 5.75 Å². The summed E-state index contributed by atoms with van der Waals surface area (Å²) in [5, 5.41) is 13.6. The van der Waals surface area contributed by atoms with Crippen LogP contribution < -0.4 is 10.1 Å². The maximum atomic E-state index is 11.2. The van der Waals surface area contributed by atoms with Gasteiger partial charge in [-0.1, -0.05) is 23.2 Å². The Kier molecular flexibility index (Phi) is 5.48. The second-order valence-corrected chi connectivity index (χ2v) is 5.47. The molecule has 1 unspecified atom stereocenters. The Morgan fingerprint density at radius 2 is 2.25 bits per heavy atom. The molecule has 7 heteroatoms. The normalized spacial score (nSPS) is 17.6. The average Bonchev–Trinajstić information content (AvgIpc) is 2.40. The van der Waals surface area contributed by atoms with E-state index in [0.29, 0.717) is 35.4 Å². The van der Waals surface area contributed by atoms with Crippen molar-refractivity contribution in [2.24, 2.45) is 0 Å². The van der Waals surface area contributed by atoms with Crippen LogP contribution in [-0.4, -0.2) is 54.8 Å². The molecule has 1 amide bonds. The van der Waals surface area contributed by atoms with E-state index in [0.717, 1.165) is 6.54 Å². The van der Waals surface area contributed by atoms with Crippen molar-refractivity contribution in [1.82, 2.24) is 10.2 Å². The van der Waals surface area contributed by atoms with Crippen molar-refractivity contribution >= 4 is 29.1 Å². The van der Waals surface area contributed by atoms with Gasteiger partial charge in [-0.15, -0.1) is 0 Å². The van der Waals surface area contributed by atoms with Crippen LogP contribution in [0.25, 0.3) is 0 Å². The number of hydrogen-bond donors (Lipinski definition) is 2. The van der Waals surface area contributed by atoms with Gasteiger partial charge < -0.3 is 15.2 Å². The van der Waals surface area contributed by atoms with Gasteiger partial charge in [-0.3, -0.25) is 9.69 Å². The van der Waals surface area contributed by atoms with Gasteiger partial charge in [0.15, 0.2) is 0 Å². The molecule has 1 atom stereocenters. The van der Waals surface area contributed by atoms with Crippen LogP contribution >= 0.6 is 23.2 Å². The number of ether oxygens (including phenoxy) is 1. The molecule has 0 radical (unpaired) electrons. The second kappa shape index (κ2) is 7.13. The molecule has 2 N–H and O–H groups in total. The summed E-state index contributed by atoms with van der Waals surface area (Å²) in [6.45, 7) is 2.10. The van der Waals surface area contributed by atoms with Crippen molar-refractivity contribution in [3.05, 3.63) is 28.2 Å². The molecule has 0 saturated carbocycles. The maximum Gasteiger partial charge on any atom is 0.234 e. The fourth-order valence-electron chi connectivity index (χ4n) is 1.97. The Morgan fingerprint density at radius 3 is 3.00 bits per heavy atom. The smallest absolute Gasteiger partial charge is 0.234 e. The van der Waals surface area contributed by atoms with Gasteiger partial charge in [0.25, 0.3) is 0 Å². The average molecular weight is 319 g/mol. The molecule has 1 aromatic carbocycles. The number of hydrogen-bond acceptors (Lipinski definition) is 4. The number of nitrogens with one attached hydrogen (secondary N) is 1. The Morgan fingerprint density at radius 1 is 1.45 bits per heavy atom. The van der Waals surface area contributed by atoms with Crippen LogP contribution in [0.15, 0.2) is 18.2 Å². The van der Waals surface area contributed by atoms with E-state index in [1.165, 1.54) is 0 Å². The summed E-state index contributed by atoms with van der Waals surface area (Å²) in [6.07, 6.45) is -0.698. The number of carbonyl (C=O) groups excluding carboxylic acids is 1. The number of aliphatic hydroxyl groups is 1. The molecule has 2 rings (SSSR count). The van der Waals surface area contributed by atoms with Gasteiger partial charge >= 0.3 is 0 Å². The predicted molar refractivity (Wildman–Crippen MR) is 77.4 cm³/mol. The molecule has 1 fully saturated rings. The first-order valence-electron chi connectivity index (χ1n) is 6.29. The van der Waals surface area contributed by atoms with Crippen molar-refractivity contribution < 1.29 is 14.6 Å². The molecule has 110 valence electrons. The fourth-order valence-corrected chi connectivity index (χ4v) is 2.31. The van der Waals surface area contributed by atoms with E-state index in [4.69, 9.17) is 27.9 Å². The topological polar surface area (TPSA) is 61.8 Å². The van der Waals surface area contributed by atoms with E-state index in [9.17, 15) is 9.90 Å². The molecular weight excluding hydrogens is 303 g/mol. The highest BCUT2D eigenvalue weighted by Gasteiger charge is 2.19. The van der Waals surface area contributed by atoms with Gasteiger partial charge in [0.2, 0.25) is 5.91 Å². The Bertz CT molecular complexity index is 485.